The Morgan fingerprint density at radius 2 is 1.80 bits per heavy atom. The molecule has 136 valence electrons. The molecule has 1 N–H and O–H groups in total. The van der Waals surface area contributed by atoms with Crippen molar-refractivity contribution < 1.29 is 14.6 Å². The van der Waals surface area contributed by atoms with Crippen molar-refractivity contribution in [1.82, 2.24) is 4.98 Å². The van der Waals surface area contributed by atoms with Gasteiger partial charge in [0.25, 0.3) is 0 Å². The fraction of sp³-hybridized carbons (Fsp3) is 0.500. The maximum atomic E-state index is 10.7. The lowest BCUT2D eigenvalue weighted by atomic mass is 9.72. The number of carboxylic acid groups (broad SMARTS) is 1. The molecule has 4 nitrogen and oxygen atoms in total. The second-order valence-electron chi connectivity index (χ2n) is 8.24. The van der Waals surface area contributed by atoms with E-state index in [1.165, 1.54) is 16.9 Å². The van der Waals surface area contributed by atoms with Crippen molar-refractivity contribution >= 4 is 17.3 Å². The van der Waals surface area contributed by atoms with Gasteiger partial charge in [0.15, 0.2) is 0 Å². The van der Waals surface area contributed by atoms with Crippen molar-refractivity contribution in [2.75, 3.05) is 0 Å². The third-order valence-electron chi connectivity index (χ3n) is 3.90. The fourth-order valence-corrected chi connectivity index (χ4v) is 3.93. The molecule has 0 saturated heterocycles. The van der Waals surface area contributed by atoms with E-state index < -0.39 is 5.97 Å². The lowest BCUT2D eigenvalue weighted by molar-refractivity contribution is -0.136. The second-order valence-corrected chi connectivity index (χ2v) is 9.18. The summed E-state index contributed by atoms with van der Waals surface area (Å²) >= 11 is 1.43. The van der Waals surface area contributed by atoms with Crippen molar-refractivity contribution in [2.45, 2.75) is 59.5 Å². The minimum absolute atomic E-state index is 0.0476. The van der Waals surface area contributed by atoms with Crippen LogP contribution in [0.2, 0.25) is 0 Å². The molecule has 2 aromatic rings. The predicted octanol–water partition coefficient (Wildman–Crippen LogP) is 5.06. The quantitative estimate of drug-likeness (QED) is 0.748. The average Bonchev–Trinajstić information content (AvgIpc) is 2.90. The number of aliphatic carboxylic acids is 1. The first-order chi connectivity index (χ1) is 11.5. The van der Waals surface area contributed by atoms with Crippen molar-refractivity contribution in [3.05, 3.63) is 45.9 Å². The van der Waals surface area contributed by atoms with Crippen LogP contribution >= 0.6 is 11.3 Å². The molecule has 0 unspecified atom stereocenters. The maximum absolute atomic E-state index is 10.7. The molecule has 0 radical (unpaired) electrons. The Bertz CT molecular complexity index is 711. The summed E-state index contributed by atoms with van der Waals surface area (Å²) in [6, 6.07) is 8.23. The standard InChI is InChI=1S/C20H27NO3S/c1-19(2,3)13-20(4,5)14-6-8-16(9-7-14)24-11-17-21-15(12-25-17)10-18(22)23/h6-9,12H,10-11,13H2,1-5H3,(H,22,23). The number of rotatable bonds is 7. The van der Waals surface area contributed by atoms with Gasteiger partial charge in [-0.25, -0.2) is 4.98 Å². The number of carbonyl (C=O) groups is 1. The zero-order valence-corrected chi connectivity index (χ0v) is 16.4. The number of thiazole rings is 1. The van der Waals surface area contributed by atoms with Crippen LogP contribution in [0.25, 0.3) is 0 Å². The highest BCUT2D eigenvalue weighted by molar-refractivity contribution is 7.09. The molecule has 5 heteroatoms. The Kier molecular flexibility index (Phi) is 5.88. The molecule has 0 amide bonds. The molecule has 0 bridgehead atoms. The molecule has 25 heavy (non-hydrogen) atoms. The van der Waals surface area contributed by atoms with E-state index in [9.17, 15) is 4.79 Å². The minimum Gasteiger partial charge on any atom is -0.486 e. The van der Waals surface area contributed by atoms with Gasteiger partial charge in [0, 0.05) is 5.38 Å². The Morgan fingerprint density at radius 1 is 1.16 bits per heavy atom. The van der Waals surface area contributed by atoms with E-state index in [2.05, 4.69) is 51.7 Å². The van der Waals surface area contributed by atoms with Gasteiger partial charge in [-0.3, -0.25) is 4.79 Å². The molecule has 0 atom stereocenters. The van der Waals surface area contributed by atoms with Crippen LogP contribution in [-0.4, -0.2) is 16.1 Å². The predicted molar refractivity (Wildman–Crippen MR) is 101 cm³/mol. The van der Waals surface area contributed by atoms with Gasteiger partial charge in [0.2, 0.25) is 0 Å². The molecule has 0 spiro atoms. The van der Waals surface area contributed by atoms with Crippen LogP contribution in [-0.2, 0) is 23.2 Å². The summed E-state index contributed by atoms with van der Waals surface area (Å²) in [5, 5.41) is 11.3. The number of hydrogen-bond acceptors (Lipinski definition) is 4. The summed E-state index contributed by atoms with van der Waals surface area (Å²) in [5.74, 6) is -0.0727. The molecule has 0 fully saturated rings. The summed E-state index contributed by atoms with van der Waals surface area (Å²) in [6.07, 6.45) is 1.06. The monoisotopic (exact) mass is 361 g/mol. The fourth-order valence-electron chi connectivity index (χ4n) is 3.23. The van der Waals surface area contributed by atoms with Crippen LogP contribution < -0.4 is 4.74 Å². The van der Waals surface area contributed by atoms with E-state index in [4.69, 9.17) is 9.84 Å². The number of benzene rings is 1. The SMILES string of the molecule is CC(C)(C)CC(C)(C)c1ccc(OCc2nc(CC(=O)O)cs2)cc1. The number of hydrogen-bond donors (Lipinski definition) is 1. The molecule has 0 saturated carbocycles. The summed E-state index contributed by atoms with van der Waals surface area (Å²) in [5.41, 5.74) is 2.26. The average molecular weight is 362 g/mol. The Labute approximate surface area is 153 Å². The largest absolute Gasteiger partial charge is 0.486 e. The van der Waals surface area contributed by atoms with E-state index in [1.54, 1.807) is 5.38 Å². The number of nitrogens with zero attached hydrogens (tertiary/aromatic N) is 1. The molecule has 2 rings (SSSR count). The van der Waals surface area contributed by atoms with Gasteiger partial charge in [-0.1, -0.05) is 46.8 Å². The first kappa shape index (κ1) is 19.4. The lowest BCUT2D eigenvalue weighted by Gasteiger charge is -2.33. The smallest absolute Gasteiger partial charge is 0.309 e. The number of carboxylic acids is 1. The minimum atomic E-state index is -0.869. The zero-order valence-electron chi connectivity index (χ0n) is 15.6. The summed E-state index contributed by atoms with van der Waals surface area (Å²) in [7, 11) is 0. The van der Waals surface area contributed by atoms with Crippen molar-refractivity contribution in [2.24, 2.45) is 5.41 Å². The van der Waals surface area contributed by atoms with E-state index in [1.807, 2.05) is 12.1 Å². The molecule has 1 aromatic heterocycles. The van der Waals surface area contributed by atoms with Gasteiger partial charge in [-0.2, -0.15) is 0 Å². The molecular weight excluding hydrogens is 334 g/mol. The van der Waals surface area contributed by atoms with Gasteiger partial charge >= 0.3 is 5.97 Å². The highest BCUT2D eigenvalue weighted by Crippen LogP contribution is 2.36. The van der Waals surface area contributed by atoms with Crippen LogP contribution in [0, 0.1) is 5.41 Å². The van der Waals surface area contributed by atoms with Crippen LogP contribution in [0.1, 0.15) is 57.3 Å². The third kappa shape index (κ3) is 6.16. The molecule has 0 aliphatic rings. The first-order valence-corrected chi connectivity index (χ1v) is 9.32. The highest BCUT2D eigenvalue weighted by Gasteiger charge is 2.27. The van der Waals surface area contributed by atoms with Crippen molar-refractivity contribution in [3.8, 4) is 5.75 Å². The first-order valence-electron chi connectivity index (χ1n) is 8.44. The number of ether oxygens (including phenoxy) is 1. The molecular formula is C20H27NO3S. The molecule has 0 aliphatic carbocycles. The third-order valence-corrected chi connectivity index (χ3v) is 4.77. The normalized spacial score (nSPS) is 12.2. The second kappa shape index (κ2) is 7.56. The Balaban J connectivity index is 1.96. The van der Waals surface area contributed by atoms with E-state index in [0.717, 1.165) is 17.2 Å². The molecule has 1 aromatic carbocycles. The summed E-state index contributed by atoms with van der Waals surface area (Å²) in [6.45, 7) is 11.7. The zero-order chi connectivity index (χ0) is 18.7. The van der Waals surface area contributed by atoms with Gasteiger partial charge in [0.1, 0.15) is 17.4 Å². The van der Waals surface area contributed by atoms with Crippen LogP contribution in [0.3, 0.4) is 0 Å². The van der Waals surface area contributed by atoms with Crippen LogP contribution in [0.4, 0.5) is 0 Å². The summed E-state index contributed by atoms with van der Waals surface area (Å²) < 4.78 is 5.78. The van der Waals surface area contributed by atoms with Gasteiger partial charge in [0.05, 0.1) is 12.1 Å². The number of aromatic nitrogens is 1. The van der Waals surface area contributed by atoms with Gasteiger partial charge in [-0.15, -0.1) is 11.3 Å². The van der Waals surface area contributed by atoms with Crippen LogP contribution in [0.15, 0.2) is 29.6 Å². The van der Waals surface area contributed by atoms with Crippen LogP contribution in [0.5, 0.6) is 5.75 Å². The van der Waals surface area contributed by atoms with E-state index in [0.29, 0.717) is 12.3 Å². The summed E-state index contributed by atoms with van der Waals surface area (Å²) in [4.78, 5) is 15.0. The molecule has 0 aliphatic heterocycles. The Hall–Kier alpha value is -1.88. The van der Waals surface area contributed by atoms with E-state index >= 15 is 0 Å². The topological polar surface area (TPSA) is 59.4 Å². The Morgan fingerprint density at radius 3 is 2.36 bits per heavy atom. The maximum Gasteiger partial charge on any atom is 0.309 e. The van der Waals surface area contributed by atoms with Crippen molar-refractivity contribution in [1.29, 1.82) is 0 Å². The van der Waals surface area contributed by atoms with Crippen molar-refractivity contribution in [3.63, 3.8) is 0 Å². The lowest BCUT2D eigenvalue weighted by Crippen LogP contribution is -2.24. The highest BCUT2D eigenvalue weighted by atomic mass is 32.1. The van der Waals surface area contributed by atoms with Gasteiger partial charge in [-0.05, 0) is 34.9 Å². The molecule has 1 heterocycles. The van der Waals surface area contributed by atoms with E-state index in [-0.39, 0.29) is 17.3 Å². The van der Waals surface area contributed by atoms with Gasteiger partial charge < -0.3 is 9.84 Å².